The van der Waals surface area contributed by atoms with Gasteiger partial charge in [-0.2, -0.15) is 0 Å². The van der Waals surface area contributed by atoms with Crippen molar-refractivity contribution in [3.8, 4) is 5.75 Å². The number of likely N-dealkylation sites (N-methyl/N-ethyl adjacent to an activating group) is 1. The van der Waals surface area contributed by atoms with Gasteiger partial charge >= 0.3 is 5.97 Å². The van der Waals surface area contributed by atoms with Crippen molar-refractivity contribution < 1.29 is 19.4 Å². The number of amides is 1. The minimum atomic E-state index is -0.984. The summed E-state index contributed by atoms with van der Waals surface area (Å²) in [5, 5.41) is 8.82. The molecule has 1 aromatic carbocycles. The number of ether oxygens (including phenoxy) is 1. The number of rotatable bonds is 8. The molecule has 0 saturated carbocycles. The van der Waals surface area contributed by atoms with Gasteiger partial charge in [-0.25, -0.2) is 0 Å². The van der Waals surface area contributed by atoms with Crippen LogP contribution >= 0.6 is 0 Å². The SMILES string of the molecule is CCC(CC(=O)N(CC)CC(=O)O)c1ccc(OC)cc1. The van der Waals surface area contributed by atoms with Crippen molar-refractivity contribution in [2.75, 3.05) is 20.2 Å². The van der Waals surface area contributed by atoms with Crippen LogP contribution in [0.25, 0.3) is 0 Å². The summed E-state index contributed by atoms with van der Waals surface area (Å²) in [5.74, 6) is -0.238. The Kier molecular flexibility index (Phi) is 6.72. The van der Waals surface area contributed by atoms with E-state index in [0.717, 1.165) is 17.7 Å². The maximum absolute atomic E-state index is 12.2. The summed E-state index contributed by atoms with van der Waals surface area (Å²) in [4.78, 5) is 24.3. The highest BCUT2D eigenvalue weighted by Crippen LogP contribution is 2.26. The Balaban J connectivity index is 2.75. The van der Waals surface area contributed by atoms with Crippen LogP contribution in [0, 0.1) is 0 Å². The van der Waals surface area contributed by atoms with Crippen LogP contribution in [-0.4, -0.2) is 42.1 Å². The molecule has 21 heavy (non-hydrogen) atoms. The van der Waals surface area contributed by atoms with Gasteiger partial charge in [-0.3, -0.25) is 9.59 Å². The molecule has 1 aromatic rings. The van der Waals surface area contributed by atoms with Crippen molar-refractivity contribution in [1.29, 1.82) is 0 Å². The zero-order valence-corrected chi connectivity index (χ0v) is 12.8. The van der Waals surface area contributed by atoms with Crippen LogP contribution in [0.3, 0.4) is 0 Å². The van der Waals surface area contributed by atoms with Gasteiger partial charge in [0.2, 0.25) is 5.91 Å². The summed E-state index contributed by atoms with van der Waals surface area (Å²) in [7, 11) is 1.61. The summed E-state index contributed by atoms with van der Waals surface area (Å²) in [6, 6.07) is 7.65. The van der Waals surface area contributed by atoms with E-state index in [-0.39, 0.29) is 18.4 Å². The van der Waals surface area contributed by atoms with Gasteiger partial charge in [-0.15, -0.1) is 0 Å². The zero-order chi connectivity index (χ0) is 15.8. The molecule has 1 N–H and O–H groups in total. The highest BCUT2D eigenvalue weighted by atomic mass is 16.5. The van der Waals surface area contributed by atoms with Gasteiger partial charge in [0.15, 0.2) is 0 Å². The average Bonchev–Trinajstić information content (AvgIpc) is 2.49. The number of hydrogen-bond donors (Lipinski definition) is 1. The molecule has 0 aliphatic heterocycles. The average molecular weight is 293 g/mol. The molecule has 0 heterocycles. The van der Waals surface area contributed by atoms with Gasteiger partial charge in [-0.1, -0.05) is 19.1 Å². The predicted molar refractivity (Wildman–Crippen MR) is 80.5 cm³/mol. The van der Waals surface area contributed by atoms with Crippen molar-refractivity contribution in [3.05, 3.63) is 29.8 Å². The highest BCUT2D eigenvalue weighted by molar-refractivity contribution is 5.81. The first-order chi connectivity index (χ1) is 10.0. The Morgan fingerprint density at radius 2 is 1.86 bits per heavy atom. The van der Waals surface area contributed by atoms with E-state index in [1.165, 1.54) is 4.90 Å². The van der Waals surface area contributed by atoms with E-state index in [1.807, 2.05) is 31.2 Å². The molecule has 0 aliphatic rings. The minimum absolute atomic E-state index is 0.0891. The molecular weight excluding hydrogens is 270 g/mol. The first kappa shape index (κ1) is 17.0. The third kappa shape index (κ3) is 5.10. The molecule has 0 fully saturated rings. The molecule has 0 radical (unpaired) electrons. The van der Waals surface area contributed by atoms with Crippen LogP contribution in [-0.2, 0) is 9.59 Å². The van der Waals surface area contributed by atoms with E-state index in [1.54, 1.807) is 14.0 Å². The van der Waals surface area contributed by atoms with Crippen molar-refractivity contribution >= 4 is 11.9 Å². The summed E-state index contributed by atoms with van der Waals surface area (Å²) in [6.45, 7) is 3.98. The van der Waals surface area contributed by atoms with Gasteiger partial charge in [-0.05, 0) is 37.0 Å². The largest absolute Gasteiger partial charge is 0.497 e. The molecule has 5 nitrogen and oxygen atoms in total. The van der Waals surface area contributed by atoms with Crippen molar-refractivity contribution in [2.24, 2.45) is 0 Å². The monoisotopic (exact) mass is 293 g/mol. The van der Waals surface area contributed by atoms with E-state index in [2.05, 4.69) is 0 Å². The molecule has 0 saturated heterocycles. The molecule has 0 aliphatic carbocycles. The number of carboxylic acid groups (broad SMARTS) is 1. The van der Waals surface area contributed by atoms with Gasteiger partial charge in [0.1, 0.15) is 12.3 Å². The Bertz CT molecular complexity index is 470. The lowest BCUT2D eigenvalue weighted by atomic mass is 9.92. The number of nitrogens with zero attached hydrogens (tertiary/aromatic N) is 1. The van der Waals surface area contributed by atoms with E-state index in [4.69, 9.17) is 9.84 Å². The maximum Gasteiger partial charge on any atom is 0.323 e. The molecular formula is C16H23NO4. The molecule has 1 rings (SSSR count). The molecule has 1 amide bonds. The van der Waals surface area contributed by atoms with Crippen molar-refractivity contribution in [3.63, 3.8) is 0 Å². The quantitative estimate of drug-likeness (QED) is 0.799. The second-order valence-corrected chi connectivity index (χ2v) is 4.88. The fourth-order valence-electron chi connectivity index (χ4n) is 2.25. The van der Waals surface area contributed by atoms with Crippen LogP contribution in [0.4, 0.5) is 0 Å². The Hall–Kier alpha value is -2.04. The fraction of sp³-hybridized carbons (Fsp3) is 0.500. The van der Waals surface area contributed by atoms with Gasteiger partial charge < -0.3 is 14.7 Å². The van der Waals surface area contributed by atoms with E-state index < -0.39 is 5.97 Å². The topological polar surface area (TPSA) is 66.8 Å². The van der Waals surface area contributed by atoms with E-state index in [0.29, 0.717) is 13.0 Å². The van der Waals surface area contributed by atoms with E-state index >= 15 is 0 Å². The summed E-state index contributed by atoms with van der Waals surface area (Å²) in [6.07, 6.45) is 1.15. The van der Waals surface area contributed by atoms with Crippen LogP contribution in [0.1, 0.15) is 38.2 Å². The van der Waals surface area contributed by atoms with Crippen LogP contribution in [0.2, 0.25) is 0 Å². The van der Waals surface area contributed by atoms with Gasteiger partial charge in [0.25, 0.3) is 0 Å². The summed E-state index contributed by atoms with van der Waals surface area (Å²) in [5.41, 5.74) is 1.07. The molecule has 5 heteroatoms. The lowest BCUT2D eigenvalue weighted by molar-refractivity contribution is -0.144. The predicted octanol–water partition coefficient (Wildman–Crippen LogP) is 2.51. The number of carbonyl (C=O) groups is 2. The first-order valence-electron chi connectivity index (χ1n) is 7.15. The van der Waals surface area contributed by atoms with E-state index in [9.17, 15) is 9.59 Å². The number of carbonyl (C=O) groups excluding carboxylic acids is 1. The second-order valence-electron chi connectivity index (χ2n) is 4.88. The molecule has 0 aromatic heterocycles. The normalized spacial score (nSPS) is 11.8. The number of hydrogen-bond acceptors (Lipinski definition) is 3. The fourth-order valence-corrected chi connectivity index (χ4v) is 2.25. The van der Waals surface area contributed by atoms with Crippen LogP contribution in [0.5, 0.6) is 5.75 Å². The highest BCUT2D eigenvalue weighted by Gasteiger charge is 2.20. The van der Waals surface area contributed by atoms with Gasteiger partial charge in [0, 0.05) is 13.0 Å². The Labute approximate surface area is 125 Å². The number of aliphatic carboxylic acids is 1. The lowest BCUT2D eigenvalue weighted by Gasteiger charge is -2.22. The van der Waals surface area contributed by atoms with Crippen molar-refractivity contribution in [2.45, 2.75) is 32.6 Å². The summed E-state index contributed by atoms with van der Waals surface area (Å²) >= 11 is 0. The third-order valence-corrected chi connectivity index (χ3v) is 3.56. The standard InChI is InChI=1S/C16H23NO4/c1-4-12(13-6-8-14(21-3)9-7-13)10-15(18)17(5-2)11-16(19)20/h6-9,12H,4-5,10-11H2,1-3H3,(H,19,20). The molecule has 0 spiro atoms. The maximum atomic E-state index is 12.2. The smallest absolute Gasteiger partial charge is 0.323 e. The minimum Gasteiger partial charge on any atom is -0.497 e. The van der Waals surface area contributed by atoms with Gasteiger partial charge in [0.05, 0.1) is 7.11 Å². The molecule has 116 valence electrons. The van der Waals surface area contributed by atoms with Crippen LogP contribution in [0.15, 0.2) is 24.3 Å². The second kappa shape index (κ2) is 8.29. The Morgan fingerprint density at radius 3 is 2.29 bits per heavy atom. The Morgan fingerprint density at radius 1 is 1.24 bits per heavy atom. The molecule has 0 bridgehead atoms. The number of carboxylic acids is 1. The van der Waals surface area contributed by atoms with Crippen molar-refractivity contribution in [1.82, 2.24) is 4.90 Å². The molecule has 1 atom stereocenters. The third-order valence-electron chi connectivity index (χ3n) is 3.56. The lowest BCUT2D eigenvalue weighted by Crippen LogP contribution is -2.36. The molecule has 1 unspecified atom stereocenters. The number of benzene rings is 1. The summed E-state index contributed by atoms with van der Waals surface area (Å²) < 4.78 is 5.12. The first-order valence-corrected chi connectivity index (χ1v) is 7.15. The van der Waals surface area contributed by atoms with Crippen LogP contribution < -0.4 is 4.74 Å². The number of methoxy groups -OCH3 is 1. The zero-order valence-electron chi connectivity index (χ0n) is 12.8.